The molecule has 0 spiro atoms. The zero-order valence-electron chi connectivity index (χ0n) is 15.0. The van der Waals surface area contributed by atoms with E-state index in [4.69, 9.17) is 15.0 Å². The number of carbonyl (C=O) groups is 1. The van der Waals surface area contributed by atoms with E-state index in [0.717, 1.165) is 29.7 Å². The zero-order valence-corrected chi connectivity index (χ0v) is 15.0. The lowest BCUT2D eigenvalue weighted by molar-refractivity contribution is -0.156. The fourth-order valence-corrected chi connectivity index (χ4v) is 3.54. The van der Waals surface area contributed by atoms with Crippen LogP contribution in [0.2, 0.25) is 0 Å². The number of esters is 1. The van der Waals surface area contributed by atoms with Gasteiger partial charge in [0.2, 0.25) is 0 Å². The van der Waals surface area contributed by atoms with E-state index in [0.29, 0.717) is 18.7 Å². The highest BCUT2D eigenvalue weighted by atomic mass is 16.5. The molecule has 0 radical (unpaired) electrons. The Morgan fingerprint density at radius 1 is 1.40 bits per heavy atom. The van der Waals surface area contributed by atoms with Crippen LogP contribution >= 0.6 is 0 Å². The topological polar surface area (TPSA) is 66.2 Å². The number of pyridine rings is 1. The molecule has 1 unspecified atom stereocenters. The molecule has 1 aromatic carbocycles. The molecule has 130 valence electrons. The Hall–Kier alpha value is -2.61. The summed E-state index contributed by atoms with van der Waals surface area (Å²) in [7, 11) is 0. The number of nitrogens with zero attached hydrogens (tertiary/aromatic N) is 3. The molecule has 3 rings (SSSR count). The van der Waals surface area contributed by atoms with Crippen molar-refractivity contribution in [1.29, 1.82) is 5.26 Å². The Bertz CT molecular complexity index is 840. The summed E-state index contributed by atoms with van der Waals surface area (Å²) in [6, 6.07) is 11.6. The predicted octanol–water partition coefficient (Wildman–Crippen LogP) is 3.52. The maximum atomic E-state index is 12.6. The van der Waals surface area contributed by atoms with Crippen molar-refractivity contribution in [3.63, 3.8) is 0 Å². The summed E-state index contributed by atoms with van der Waals surface area (Å²) in [5, 5.41) is 9.95. The van der Waals surface area contributed by atoms with Gasteiger partial charge in [0.15, 0.2) is 0 Å². The minimum Gasteiger partial charge on any atom is -0.466 e. The summed E-state index contributed by atoms with van der Waals surface area (Å²) in [5.41, 5.74) is 1.01. The van der Waals surface area contributed by atoms with Crippen LogP contribution in [0.4, 0.5) is 5.82 Å². The highest BCUT2D eigenvalue weighted by Gasteiger charge is 2.48. The van der Waals surface area contributed by atoms with Gasteiger partial charge in [0.05, 0.1) is 29.2 Å². The van der Waals surface area contributed by atoms with Gasteiger partial charge in [0.25, 0.3) is 0 Å². The highest BCUT2D eigenvalue weighted by Crippen LogP contribution is 2.40. The summed E-state index contributed by atoms with van der Waals surface area (Å²) in [4.78, 5) is 19.5. The highest BCUT2D eigenvalue weighted by molar-refractivity contribution is 5.82. The summed E-state index contributed by atoms with van der Waals surface area (Å²) in [6.07, 6.45) is 0.774. The summed E-state index contributed by atoms with van der Waals surface area (Å²) in [6.45, 7) is 7.82. The molecule has 0 saturated carbocycles. The lowest BCUT2D eigenvalue weighted by Gasteiger charge is -2.31. The average Bonchev–Trinajstić information content (AvgIpc) is 3.08. The number of anilines is 1. The third kappa shape index (κ3) is 3.05. The molecule has 5 heteroatoms. The number of hydrogen-bond acceptors (Lipinski definition) is 5. The van der Waals surface area contributed by atoms with Crippen LogP contribution in [0.1, 0.15) is 32.8 Å². The standard InChI is InChI=1S/C20H23N3O2/c1-4-25-19(24)20(14(2)3)9-10-23(13-20)18-8-6-16-11-15(12-21)5-7-17(16)22-18/h5-8,11,14H,4,9-10,13H2,1-3H3. The quantitative estimate of drug-likeness (QED) is 0.799. The Balaban J connectivity index is 1.89. The molecule has 25 heavy (non-hydrogen) atoms. The number of carbonyl (C=O) groups excluding carboxylic acids is 1. The molecule has 0 aliphatic carbocycles. The minimum absolute atomic E-state index is 0.105. The molecule has 0 N–H and O–H groups in total. The number of aromatic nitrogens is 1. The van der Waals surface area contributed by atoms with E-state index in [9.17, 15) is 4.79 Å². The van der Waals surface area contributed by atoms with Gasteiger partial charge in [0, 0.05) is 18.5 Å². The second kappa shape index (κ2) is 6.72. The average molecular weight is 337 g/mol. The smallest absolute Gasteiger partial charge is 0.314 e. The van der Waals surface area contributed by atoms with Crippen molar-refractivity contribution in [2.75, 3.05) is 24.6 Å². The molecular weight excluding hydrogens is 314 g/mol. The molecule has 0 amide bonds. The van der Waals surface area contributed by atoms with Crippen LogP contribution in [-0.2, 0) is 9.53 Å². The third-order valence-electron chi connectivity index (χ3n) is 5.22. The van der Waals surface area contributed by atoms with Gasteiger partial charge in [-0.15, -0.1) is 0 Å². The predicted molar refractivity (Wildman–Crippen MR) is 97.2 cm³/mol. The number of nitriles is 1. The van der Waals surface area contributed by atoms with Crippen molar-refractivity contribution >= 4 is 22.7 Å². The van der Waals surface area contributed by atoms with E-state index in [2.05, 4.69) is 24.8 Å². The molecule has 1 saturated heterocycles. The van der Waals surface area contributed by atoms with Crippen molar-refractivity contribution in [2.45, 2.75) is 27.2 Å². The van der Waals surface area contributed by atoms with Gasteiger partial charge in [-0.2, -0.15) is 5.26 Å². The van der Waals surface area contributed by atoms with Crippen LogP contribution in [0, 0.1) is 22.7 Å². The van der Waals surface area contributed by atoms with E-state index in [1.165, 1.54) is 0 Å². The van der Waals surface area contributed by atoms with Gasteiger partial charge in [-0.25, -0.2) is 4.98 Å². The Morgan fingerprint density at radius 3 is 2.88 bits per heavy atom. The van der Waals surface area contributed by atoms with Gasteiger partial charge in [-0.05, 0) is 49.6 Å². The van der Waals surface area contributed by atoms with Crippen LogP contribution < -0.4 is 4.90 Å². The Labute approximate surface area is 148 Å². The summed E-state index contributed by atoms with van der Waals surface area (Å²) >= 11 is 0. The molecule has 5 nitrogen and oxygen atoms in total. The molecule has 0 bridgehead atoms. The fourth-order valence-electron chi connectivity index (χ4n) is 3.54. The molecule has 2 heterocycles. The second-order valence-electron chi connectivity index (χ2n) is 6.89. The number of fused-ring (bicyclic) bond motifs is 1. The maximum absolute atomic E-state index is 12.6. The molecule has 1 aliphatic rings. The Kier molecular flexibility index (Phi) is 4.63. The van der Waals surface area contributed by atoms with Gasteiger partial charge < -0.3 is 9.64 Å². The van der Waals surface area contributed by atoms with Crippen molar-refractivity contribution in [3.05, 3.63) is 35.9 Å². The van der Waals surface area contributed by atoms with Gasteiger partial charge in [0.1, 0.15) is 5.82 Å². The largest absolute Gasteiger partial charge is 0.466 e. The van der Waals surface area contributed by atoms with Crippen LogP contribution in [0.3, 0.4) is 0 Å². The van der Waals surface area contributed by atoms with Crippen LogP contribution in [0.5, 0.6) is 0 Å². The summed E-state index contributed by atoms with van der Waals surface area (Å²) < 4.78 is 5.35. The number of hydrogen-bond donors (Lipinski definition) is 0. The first-order valence-electron chi connectivity index (χ1n) is 8.73. The second-order valence-corrected chi connectivity index (χ2v) is 6.89. The van der Waals surface area contributed by atoms with Crippen LogP contribution in [0.25, 0.3) is 10.9 Å². The first-order chi connectivity index (χ1) is 12.0. The molecule has 1 aromatic heterocycles. The molecule has 1 aliphatic heterocycles. The first kappa shape index (κ1) is 17.2. The lowest BCUT2D eigenvalue weighted by Crippen LogP contribution is -2.40. The van der Waals surface area contributed by atoms with Crippen LogP contribution in [-0.4, -0.2) is 30.6 Å². The minimum atomic E-state index is -0.475. The van der Waals surface area contributed by atoms with E-state index in [1.807, 2.05) is 31.2 Å². The zero-order chi connectivity index (χ0) is 18.0. The maximum Gasteiger partial charge on any atom is 0.314 e. The SMILES string of the molecule is CCOC(=O)C1(C(C)C)CCN(c2ccc3cc(C#N)ccc3n2)C1. The van der Waals surface area contributed by atoms with Crippen molar-refractivity contribution in [3.8, 4) is 6.07 Å². The van der Waals surface area contributed by atoms with E-state index >= 15 is 0 Å². The van der Waals surface area contributed by atoms with Crippen LogP contribution in [0.15, 0.2) is 30.3 Å². The van der Waals surface area contributed by atoms with Crippen molar-refractivity contribution in [1.82, 2.24) is 4.98 Å². The molecule has 1 atom stereocenters. The van der Waals surface area contributed by atoms with E-state index in [1.54, 1.807) is 6.07 Å². The lowest BCUT2D eigenvalue weighted by atomic mass is 9.76. The van der Waals surface area contributed by atoms with Gasteiger partial charge in [-0.1, -0.05) is 13.8 Å². The molecule has 1 fully saturated rings. The van der Waals surface area contributed by atoms with Crippen molar-refractivity contribution in [2.24, 2.45) is 11.3 Å². The number of ether oxygens (including phenoxy) is 1. The molecular formula is C20H23N3O2. The van der Waals surface area contributed by atoms with Gasteiger partial charge in [-0.3, -0.25) is 4.79 Å². The fraction of sp³-hybridized carbons (Fsp3) is 0.450. The van der Waals surface area contributed by atoms with E-state index < -0.39 is 5.41 Å². The van der Waals surface area contributed by atoms with Gasteiger partial charge >= 0.3 is 5.97 Å². The van der Waals surface area contributed by atoms with E-state index in [-0.39, 0.29) is 11.9 Å². The Morgan fingerprint density at radius 2 is 2.20 bits per heavy atom. The number of benzene rings is 1. The molecule has 2 aromatic rings. The monoisotopic (exact) mass is 337 g/mol. The van der Waals surface area contributed by atoms with Crippen molar-refractivity contribution < 1.29 is 9.53 Å². The summed E-state index contributed by atoms with van der Waals surface area (Å²) in [5.74, 6) is 0.964. The first-order valence-corrected chi connectivity index (χ1v) is 8.73. The third-order valence-corrected chi connectivity index (χ3v) is 5.22. The normalized spacial score (nSPS) is 20.0. The number of rotatable bonds is 4.